The first kappa shape index (κ1) is 31.6. The lowest BCUT2D eigenvalue weighted by Crippen LogP contribution is -2.39. The van der Waals surface area contributed by atoms with Crippen LogP contribution in [0, 0.1) is 5.92 Å². The maximum Gasteiger partial charge on any atom is 0.323 e. The summed E-state index contributed by atoms with van der Waals surface area (Å²) in [4.78, 5) is 16.8. The van der Waals surface area contributed by atoms with E-state index in [2.05, 4.69) is 22.5 Å². The van der Waals surface area contributed by atoms with Crippen molar-refractivity contribution < 1.29 is 24.1 Å². The van der Waals surface area contributed by atoms with E-state index >= 15 is 0 Å². The van der Waals surface area contributed by atoms with Gasteiger partial charge in [-0.2, -0.15) is 0 Å². The van der Waals surface area contributed by atoms with Gasteiger partial charge in [-0.1, -0.05) is 84.7 Å². The van der Waals surface area contributed by atoms with Crippen LogP contribution in [-0.2, 0) is 22.6 Å². The van der Waals surface area contributed by atoms with Crippen molar-refractivity contribution in [1.29, 1.82) is 0 Å². The Labute approximate surface area is 276 Å². The maximum atomic E-state index is 12.7. The highest BCUT2D eigenvalue weighted by Gasteiger charge is 2.38. The molecular weight excluding hydrogens is 627 g/mol. The average Bonchev–Trinajstić information content (AvgIpc) is 3.39. The lowest BCUT2D eigenvalue weighted by Gasteiger charge is -2.41. The number of urea groups is 1. The van der Waals surface area contributed by atoms with Crippen LogP contribution < -0.4 is 15.4 Å². The zero-order chi connectivity index (χ0) is 32.0. The van der Waals surface area contributed by atoms with E-state index in [1.54, 1.807) is 47.3 Å². The van der Waals surface area contributed by atoms with E-state index in [9.17, 15) is 9.90 Å². The summed E-state index contributed by atoms with van der Waals surface area (Å²) in [7, 11) is 0. The van der Waals surface area contributed by atoms with Gasteiger partial charge in [0.1, 0.15) is 16.7 Å². The van der Waals surface area contributed by atoms with Gasteiger partial charge in [-0.25, -0.2) is 9.78 Å². The second-order valence-electron chi connectivity index (χ2n) is 10.9. The molecule has 0 saturated carbocycles. The molecule has 0 aliphatic carbocycles. The number of nitrogens with zero attached hydrogens (tertiary/aromatic N) is 2. The number of para-hydroxylation sites is 1. The molecule has 1 aromatic heterocycles. The van der Waals surface area contributed by atoms with Gasteiger partial charge in [0.15, 0.2) is 11.4 Å². The largest absolute Gasteiger partial charge is 0.457 e. The molecule has 1 saturated heterocycles. The molecule has 9 nitrogen and oxygen atoms in total. The number of rotatable bonds is 9. The Kier molecular flexibility index (Phi) is 9.87. The number of hydrogen-bond donors (Lipinski definition) is 3. The Morgan fingerprint density at radius 3 is 2.07 bits per heavy atom. The van der Waals surface area contributed by atoms with Crippen LogP contribution in [0.2, 0.25) is 10.3 Å². The number of hydrogen-bond acceptors (Lipinski definition) is 6. The van der Waals surface area contributed by atoms with Gasteiger partial charge in [0, 0.05) is 22.9 Å². The molecule has 5 aromatic rings. The smallest absolute Gasteiger partial charge is 0.323 e. The van der Waals surface area contributed by atoms with Gasteiger partial charge in [-0.15, -0.1) is 0 Å². The van der Waals surface area contributed by atoms with Gasteiger partial charge in [-0.05, 0) is 59.7 Å². The number of carbonyl (C=O) groups excluding carboxylic acids is 1. The number of aliphatic hydroxyl groups excluding tert-OH is 1. The van der Waals surface area contributed by atoms with E-state index in [4.69, 9.17) is 37.4 Å². The number of carbonyl (C=O) groups is 1. The van der Waals surface area contributed by atoms with Crippen LogP contribution in [0.5, 0.6) is 11.5 Å². The Morgan fingerprint density at radius 1 is 0.848 bits per heavy atom. The first-order valence-electron chi connectivity index (χ1n) is 14.7. The summed E-state index contributed by atoms with van der Waals surface area (Å²) >= 11 is 12.5. The monoisotopic (exact) mass is 658 g/mol. The minimum atomic E-state index is -0.694. The summed E-state index contributed by atoms with van der Waals surface area (Å²) < 4.78 is 20.6. The molecule has 3 N–H and O–H groups in total. The van der Waals surface area contributed by atoms with E-state index in [1.807, 2.05) is 66.7 Å². The molecule has 2 amide bonds. The SMILES string of the molecule is C[C@@H]1[C@H](Cn2cnc(Cl)c2Cl)O[C@H](c2ccc(NC(=O)Nc3ccc(Oc4ccccc4)cc3)cc2)O[C@@H]1c1ccc(CO)cc1. The van der Waals surface area contributed by atoms with Crippen molar-refractivity contribution in [1.82, 2.24) is 9.55 Å². The van der Waals surface area contributed by atoms with Crippen molar-refractivity contribution >= 4 is 40.6 Å². The Morgan fingerprint density at radius 2 is 1.46 bits per heavy atom. The summed E-state index contributed by atoms with van der Waals surface area (Å²) in [5.41, 5.74) is 3.78. The quantitative estimate of drug-likeness (QED) is 0.146. The van der Waals surface area contributed by atoms with Crippen LogP contribution in [0.1, 0.15) is 36.0 Å². The lowest BCUT2D eigenvalue weighted by molar-refractivity contribution is -0.276. The number of nitrogens with one attached hydrogen (secondary N) is 2. The Hall–Kier alpha value is -4.38. The van der Waals surface area contributed by atoms with E-state index < -0.39 is 6.29 Å². The Balaban J connectivity index is 1.12. The number of amides is 2. The number of anilines is 2. The van der Waals surface area contributed by atoms with Crippen molar-refractivity contribution in [2.45, 2.75) is 38.6 Å². The van der Waals surface area contributed by atoms with E-state index in [-0.39, 0.29) is 35.9 Å². The topological polar surface area (TPSA) is 107 Å². The van der Waals surface area contributed by atoms with Gasteiger partial charge < -0.3 is 34.5 Å². The fourth-order valence-corrected chi connectivity index (χ4v) is 5.55. The fraction of sp³-hybridized carbons (Fsp3) is 0.200. The maximum absolute atomic E-state index is 12.7. The van der Waals surface area contributed by atoms with Gasteiger partial charge in [0.05, 0.1) is 31.7 Å². The molecule has 11 heteroatoms. The van der Waals surface area contributed by atoms with Gasteiger partial charge in [-0.3, -0.25) is 0 Å². The number of benzene rings is 4. The van der Waals surface area contributed by atoms with Gasteiger partial charge >= 0.3 is 6.03 Å². The van der Waals surface area contributed by atoms with Crippen LogP contribution >= 0.6 is 23.2 Å². The highest BCUT2D eigenvalue weighted by Crippen LogP contribution is 2.42. The molecule has 0 unspecified atom stereocenters. The average molecular weight is 660 g/mol. The number of ether oxygens (including phenoxy) is 3. The van der Waals surface area contributed by atoms with Crippen molar-refractivity contribution in [3.8, 4) is 11.5 Å². The van der Waals surface area contributed by atoms with Crippen LogP contribution in [0.4, 0.5) is 16.2 Å². The molecule has 0 radical (unpaired) electrons. The van der Waals surface area contributed by atoms with Crippen LogP contribution in [0.3, 0.4) is 0 Å². The van der Waals surface area contributed by atoms with Crippen molar-refractivity contribution in [2.24, 2.45) is 5.92 Å². The first-order chi connectivity index (χ1) is 22.4. The summed E-state index contributed by atoms with van der Waals surface area (Å²) in [5, 5.41) is 15.8. The minimum absolute atomic E-state index is 0.0377. The molecule has 6 rings (SSSR count). The number of imidazole rings is 1. The third-order valence-corrected chi connectivity index (χ3v) is 8.53. The molecule has 236 valence electrons. The summed E-state index contributed by atoms with van der Waals surface area (Å²) in [5.74, 6) is 1.34. The molecule has 1 aliphatic rings. The fourth-order valence-electron chi connectivity index (χ4n) is 5.24. The van der Waals surface area contributed by atoms with Crippen LogP contribution in [0.15, 0.2) is 109 Å². The van der Waals surface area contributed by atoms with Crippen LogP contribution in [0.25, 0.3) is 0 Å². The third kappa shape index (κ3) is 7.52. The standard InChI is InChI=1S/C35H32Cl2N4O5/c1-22-30(19-41-21-38-32(36)33(41)37)45-34(46-31(22)24-9-7-23(20-42)8-10-24)25-11-13-26(14-12-25)39-35(43)40-27-15-17-29(18-16-27)44-28-5-3-2-4-6-28/h2-18,21-22,30-31,34,42H,19-20H2,1H3,(H2,39,40,43)/t22-,30+,31+,34+/m1/s1. The number of aliphatic hydroxyl groups is 1. The highest BCUT2D eigenvalue weighted by atomic mass is 35.5. The van der Waals surface area contributed by atoms with Crippen LogP contribution in [-0.4, -0.2) is 26.8 Å². The summed E-state index contributed by atoms with van der Waals surface area (Å²) in [6.45, 7) is 2.45. The van der Waals surface area contributed by atoms with Gasteiger partial charge in [0.25, 0.3) is 0 Å². The molecule has 4 aromatic carbocycles. The number of aromatic nitrogens is 2. The normalized spacial score (nSPS) is 19.4. The molecule has 0 bridgehead atoms. The zero-order valence-corrected chi connectivity index (χ0v) is 26.4. The summed E-state index contributed by atoms with van der Waals surface area (Å²) in [6.07, 6.45) is 0.301. The third-order valence-electron chi connectivity index (χ3n) is 7.76. The highest BCUT2D eigenvalue weighted by molar-refractivity contribution is 6.40. The van der Waals surface area contributed by atoms with E-state index in [1.165, 1.54) is 0 Å². The van der Waals surface area contributed by atoms with Gasteiger partial charge in [0.2, 0.25) is 0 Å². The van der Waals surface area contributed by atoms with Crippen molar-refractivity contribution in [2.75, 3.05) is 10.6 Å². The number of halogens is 2. The van der Waals surface area contributed by atoms with Crippen molar-refractivity contribution in [3.63, 3.8) is 0 Å². The zero-order valence-electron chi connectivity index (χ0n) is 24.8. The molecule has 0 spiro atoms. The summed E-state index contributed by atoms with van der Waals surface area (Å²) in [6, 6.07) is 31.2. The molecular formula is C35H32Cl2N4O5. The Bertz CT molecular complexity index is 1750. The van der Waals surface area contributed by atoms with Crippen molar-refractivity contribution in [3.05, 3.63) is 136 Å². The second-order valence-corrected chi connectivity index (χ2v) is 11.7. The predicted molar refractivity (Wildman–Crippen MR) is 177 cm³/mol. The molecule has 1 fully saturated rings. The van der Waals surface area contributed by atoms with E-state index in [0.717, 1.165) is 22.4 Å². The molecule has 46 heavy (non-hydrogen) atoms. The molecule has 1 aliphatic heterocycles. The molecule has 2 heterocycles. The van der Waals surface area contributed by atoms with E-state index in [0.29, 0.717) is 28.8 Å². The lowest BCUT2D eigenvalue weighted by atomic mass is 9.90. The minimum Gasteiger partial charge on any atom is -0.457 e. The molecule has 4 atom stereocenters. The second kappa shape index (κ2) is 14.4. The first-order valence-corrected chi connectivity index (χ1v) is 15.5. The predicted octanol–water partition coefficient (Wildman–Crippen LogP) is 8.61.